The lowest BCUT2D eigenvalue weighted by molar-refractivity contribution is -0.159. The van der Waals surface area contributed by atoms with E-state index >= 15 is 0 Å². The highest BCUT2D eigenvalue weighted by atomic mass is 19.4. The van der Waals surface area contributed by atoms with Crippen LogP contribution in [0.4, 0.5) is 13.2 Å². The van der Waals surface area contributed by atoms with Crippen LogP contribution in [-0.2, 0) is 9.59 Å². The van der Waals surface area contributed by atoms with Crippen molar-refractivity contribution in [1.29, 1.82) is 0 Å². The van der Waals surface area contributed by atoms with Crippen LogP contribution in [0.25, 0.3) is 0 Å². The van der Waals surface area contributed by atoms with E-state index in [-0.39, 0.29) is 13.0 Å². The zero-order chi connectivity index (χ0) is 9.35. The van der Waals surface area contributed by atoms with Crippen LogP contribution in [0.2, 0.25) is 0 Å². The van der Waals surface area contributed by atoms with Crippen molar-refractivity contribution in [1.82, 2.24) is 4.90 Å². The standard InChI is InChI=1S/C6H6F3NO2/c7-6(8,9)3-10-2-1-4(11)5(10)12/h1-3H2. The van der Waals surface area contributed by atoms with Gasteiger partial charge in [0.05, 0.1) is 0 Å². The van der Waals surface area contributed by atoms with Crippen LogP contribution in [0.3, 0.4) is 0 Å². The van der Waals surface area contributed by atoms with Crippen molar-refractivity contribution >= 4 is 11.7 Å². The Balaban J connectivity index is 2.56. The summed E-state index contributed by atoms with van der Waals surface area (Å²) in [5.41, 5.74) is 0. The Morgan fingerprint density at radius 1 is 1.33 bits per heavy atom. The number of Topliss-reactive ketones (excluding diaryl/α,β-unsaturated/α-hetero) is 1. The molecule has 0 aromatic heterocycles. The summed E-state index contributed by atoms with van der Waals surface area (Å²) in [6.45, 7) is -1.44. The second-order valence-corrected chi connectivity index (χ2v) is 2.52. The van der Waals surface area contributed by atoms with E-state index in [1.54, 1.807) is 0 Å². The van der Waals surface area contributed by atoms with Gasteiger partial charge in [-0.05, 0) is 0 Å². The van der Waals surface area contributed by atoms with E-state index in [9.17, 15) is 22.8 Å². The van der Waals surface area contributed by atoms with E-state index < -0.39 is 24.4 Å². The maximum absolute atomic E-state index is 11.7. The van der Waals surface area contributed by atoms with Crippen molar-refractivity contribution in [3.63, 3.8) is 0 Å². The number of amides is 1. The zero-order valence-corrected chi connectivity index (χ0v) is 6.02. The quantitative estimate of drug-likeness (QED) is 0.547. The first-order valence-electron chi connectivity index (χ1n) is 3.29. The van der Waals surface area contributed by atoms with E-state index in [0.29, 0.717) is 4.90 Å². The second kappa shape index (κ2) is 2.76. The number of hydrogen-bond acceptors (Lipinski definition) is 2. The highest BCUT2D eigenvalue weighted by molar-refractivity contribution is 6.37. The van der Waals surface area contributed by atoms with Crippen LogP contribution >= 0.6 is 0 Å². The van der Waals surface area contributed by atoms with Gasteiger partial charge in [-0.25, -0.2) is 0 Å². The number of hydrogen-bond donors (Lipinski definition) is 0. The fourth-order valence-corrected chi connectivity index (χ4v) is 0.989. The smallest absolute Gasteiger partial charge is 0.327 e. The van der Waals surface area contributed by atoms with Gasteiger partial charge >= 0.3 is 6.18 Å². The van der Waals surface area contributed by atoms with Gasteiger partial charge in [0.25, 0.3) is 5.91 Å². The molecule has 12 heavy (non-hydrogen) atoms. The van der Waals surface area contributed by atoms with Crippen LogP contribution < -0.4 is 0 Å². The lowest BCUT2D eigenvalue weighted by Gasteiger charge is -2.15. The lowest BCUT2D eigenvalue weighted by Crippen LogP contribution is -2.36. The first kappa shape index (κ1) is 9.02. The van der Waals surface area contributed by atoms with Gasteiger partial charge in [-0.1, -0.05) is 0 Å². The van der Waals surface area contributed by atoms with Gasteiger partial charge in [0.1, 0.15) is 6.54 Å². The Morgan fingerprint density at radius 2 is 1.92 bits per heavy atom. The predicted molar refractivity (Wildman–Crippen MR) is 32.3 cm³/mol. The first-order valence-corrected chi connectivity index (χ1v) is 3.29. The molecule has 1 fully saturated rings. The molecule has 1 saturated heterocycles. The second-order valence-electron chi connectivity index (χ2n) is 2.52. The van der Waals surface area contributed by atoms with E-state index in [0.717, 1.165) is 0 Å². The summed E-state index contributed by atoms with van der Waals surface area (Å²) in [4.78, 5) is 21.7. The molecule has 0 aromatic rings. The highest BCUT2D eigenvalue weighted by Crippen LogP contribution is 2.19. The van der Waals surface area contributed by atoms with Crippen LogP contribution in [0.1, 0.15) is 6.42 Å². The lowest BCUT2D eigenvalue weighted by atomic mass is 10.3. The van der Waals surface area contributed by atoms with Crippen molar-refractivity contribution < 1.29 is 22.8 Å². The molecule has 0 aromatic carbocycles. The first-order chi connectivity index (χ1) is 5.40. The van der Waals surface area contributed by atoms with Gasteiger partial charge < -0.3 is 4.90 Å². The molecule has 1 amide bonds. The third kappa shape index (κ3) is 1.96. The van der Waals surface area contributed by atoms with Crippen LogP contribution in [-0.4, -0.2) is 35.9 Å². The van der Waals surface area contributed by atoms with Gasteiger partial charge in [-0.2, -0.15) is 13.2 Å². The van der Waals surface area contributed by atoms with Gasteiger partial charge in [-0.15, -0.1) is 0 Å². The fraction of sp³-hybridized carbons (Fsp3) is 0.667. The Hall–Kier alpha value is -1.07. The predicted octanol–water partition coefficient (Wildman–Crippen LogP) is 0.350. The van der Waals surface area contributed by atoms with E-state index in [1.807, 2.05) is 0 Å². The Bertz CT molecular complexity index is 223. The van der Waals surface area contributed by atoms with Crippen LogP contribution in [0.15, 0.2) is 0 Å². The third-order valence-corrected chi connectivity index (χ3v) is 1.50. The Labute approximate surface area is 66.1 Å². The molecule has 0 N–H and O–H groups in total. The number of alkyl halides is 3. The zero-order valence-electron chi connectivity index (χ0n) is 6.02. The van der Waals surface area contributed by atoms with E-state index in [2.05, 4.69) is 0 Å². The molecular weight excluding hydrogens is 175 g/mol. The Kier molecular flexibility index (Phi) is 2.08. The van der Waals surface area contributed by atoms with Crippen molar-refractivity contribution in [2.24, 2.45) is 0 Å². The Morgan fingerprint density at radius 3 is 2.25 bits per heavy atom. The molecule has 0 atom stereocenters. The largest absolute Gasteiger partial charge is 0.406 e. The molecule has 0 aliphatic carbocycles. The minimum atomic E-state index is -4.42. The number of carbonyl (C=O) groups is 2. The van der Waals surface area contributed by atoms with Crippen LogP contribution in [0, 0.1) is 0 Å². The molecular formula is C6H6F3NO2. The van der Waals surface area contributed by atoms with E-state index in [1.165, 1.54) is 0 Å². The molecule has 0 saturated carbocycles. The van der Waals surface area contributed by atoms with Gasteiger partial charge in [0.15, 0.2) is 0 Å². The monoisotopic (exact) mass is 181 g/mol. The number of likely N-dealkylation sites (tertiary alicyclic amines) is 1. The maximum atomic E-state index is 11.7. The molecule has 1 aliphatic rings. The summed E-state index contributed by atoms with van der Waals surface area (Å²) in [5.74, 6) is -1.76. The van der Waals surface area contributed by atoms with Crippen molar-refractivity contribution in [2.45, 2.75) is 12.6 Å². The molecule has 0 unspecified atom stereocenters. The molecule has 1 rings (SSSR count). The highest BCUT2D eigenvalue weighted by Gasteiger charge is 2.38. The molecule has 6 heteroatoms. The molecule has 0 bridgehead atoms. The fourth-order valence-electron chi connectivity index (χ4n) is 0.989. The van der Waals surface area contributed by atoms with Crippen molar-refractivity contribution in [3.8, 4) is 0 Å². The molecule has 0 radical (unpaired) electrons. The van der Waals surface area contributed by atoms with Crippen molar-refractivity contribution in [3.05, 3.63) is 0 Å². The minimum Gasteiger partial charge on any atom is -0.327 e. The third-order valence-electron chi connectivity index (χ3n) is 1.50. The normalized spacial score (nSPS) is 19.1. The molecule has 1 heterocycles. The molecule has 68 valence electrons. The number of halogens is 3. The summed E-state index contributed by atoms with van der Waals surface area (Å²) < 4.78 is 35.1. The van der Waals surface area contributed by atoms with E-state index in [4.69, 9.17) is 0 Å². The average molecular weight is 181 g/mol. The number of rotatable bonds is 1. The summed E-state index contributed by atoms with van der Waals surface area (Å²) >= 11 is 0. The SMILES string of the molecule is O=C1CCN(CC(F)(F)F)C1=O. The molecule has 3 nitrogen and oxygen atoms in total. The summed E-state index contributed by atoms with van der Waals surface area (Å²) in [5, 5.41) is 0. The topological polar surface area (TPSA) is 37.4 Å². The summed E-state index contributed by atoms with van der Waals surface area (Å²) in [6.07, 6.45) is -4.52. The van der Waals surface area contributed by atoms with Gasteiger partial charge in [0, 0.05) is 13.0 Å². The van der Waals surface area contributed by atoms with Gasteiger partial charge in [0.2, 0.25) is 5.78 Å². The number of carbonyl (C=O) groups excluding carboxylic acids is 2. The summed E-state index contributed by atoms with van der Waals surface area (Å²) in [7, 11) is 0. The number of nitrogens with zero attached hydrogens (tertiary/aromatic N) is 1. The number of ketones is 1. The van der Waals surface area contributed by atoms with Gasteiger partial charge in [-0.3, -0.25) is 9.59 Å². The molecule has 1 aliphatic heterocycles. The average Bonchev–Trinajstić information content (AvgIpc) is 2.16. The van der Waals surface area contributed by atoms with Crippen LogP contribution in [0.5, 0.6) is 0 Å². The minimum absolute atomic E-state index is 0.102. The maximum Gasteiger partial charge on any atom is 0.406 e. The van der Waals surface area contributed by atoms with Crippen molar-refractivity contribution in [2.75, 3.05) is 13.1 Å². The summed E-state index contributed by atoms with van der Waals surface area (Å²) in [6, 6.07) is 0. The molecule has 0 spiro atoms.